The molecule has 98 valence electrons. The number of hydrogen-bond donors (Lipinski definition) is 2. The van der Waals surface area contributed by atoms with E-state index in [0.29, 0.717) is 5.92 Å². The van der Waals surface area contributed by atoms with Crippen molar-refractivity contribution in [2.24, 2.45) is 5.92 Å². The molecule has 1 heterocycles. The molecule has 1 saturated heterocycles. The molecule has 1 fully saturated rings. The lowest BCUT2D eigenvalue weighted by molar-refractivity contribution is 0.132. The topological polar surface area (TPSA) is 32.3 Å². The lowest BCUT2D eigenvalue weighted by Gasteiger charge is -2.15. The van der Waals surface area contributed by atoms with Gasteiger partial charge in [0.1, 0.15) is 6.23 Å². The average molecular weight is 245 g/mol. The predicted molar refractivity (Wildman–Crippen MR) is 76.3 cm³/mol. The molecule has 0 aromatic heterocycles. The minimum absolute atomic E-state index is 0.241. The van der Waals surface area contributed by atoms with E-state index >= 15 is 0 Å². The van der Waals surface area contributed by atoms with Crippen molar-refractivity contribution >= 4 is 5.57 Å². The summed E-state index contributed by atoms with van der Waals surface area (Å²) in [6, 6.07) is 8.55. The lowest BCUT2D eigenvalue weighted by Crippen LogP contribution is -2.25. The Hall–Kier alpha value is -1.12. The van der Waals surface area contributed by atoms with Crippen molar-refractivity contribution in [3.63, 3.8) is 0 Å². The predicted octanol–water partition coefficient (Wildman–Crippen LogP) is 3.14. The molecule has 0 radical (unpaired) electrons. The maximum Gasteiger partial charge on any atom is 0.111 e. The second-order valence-electron chi connectivity index (χ2n) is 5.44. The van der Waals surface area contributed by atoms with Gasteiger partial charge in [0.2, 0.25) is 0 Å². The first-order valence-corrected chi connectivity index (χ1v) is 6.78. The average Bonchev–Trinajstić information content (AvgIpc) is 2.75. The van der Waals surface area contributed by atoms with Gasteiger partial charge < -0.3 is 5.11 Å². The fourth-order valence-corrected chi connectivity index (χ4v) is 2.65. The number of benzene rings is 1. The van der Waals surface area contributed by atoms with Crippen molar-refractivity contribution in [1.29, 1.82) is 0 Å². The number of aliphatic hydroxyl groups is 1. The highest BCUT2D eigenvalue weighted by molar-refractivity contribution is 5.67. The largest absolute Gasteiger partial charge is 0.378 e. The first-order chi connectivity index (χ1) is 8.59. The number of aliphatic hydroxyl groups excluding tert-OH is 1. The van der Waals surface area contributed by atoms with Crippen LogP contribution in [0.3, 0.4) is 0 Å². The summed E-state index contributed by atoms with van der Waals surface area (Å²) in [5.74, 6) is 0.765. The molecule has 2 unspecified atom stereocenters. The molecule has 2 rings (SSSR count). The van der Waals surface area contributed by atoms with Crippen LogP contribution in [-0.2, 0) is 0 Å². The second kappa shape index (κ2) is 5.68. The molecule has 1 aliphatic heterocycles. The van der Waals surface area contributed by atoms with Gasteiger partial charge in [-0.2, -0.15) is 0 Å². The van der Waals surface area contributed by atoms with Crippen LogP contribution in [-0.4, -0.2) is 17.9 Å². The number of rotatable bonds is 3. The molecule has 1 aliphatic rings. The Morgan fingerprint density at radius 2 is 2.11 bits per heavy atom. The van der Waals surface area contributed by atoms with Crippen LogP contribution in [0.25, 0.3) is 5.57 Å². The third-order valence-electron chi connectivity index (χ3n) is 3.71. The van der Waals surface area contributed by atoms with E-state index in [1.54, 1.807) is 0 Å². The smallest absolute Gasteiger partial charge is 0.111 e. The van der Waals surface area contributed by atoms with Crippen LogP contribution < -0.4 is 5.32 Å². The Morgan fingerprint density at radius 1 is 1.39 bits per heavy atom. The maximum atomic E-state index is 9.81. The van der Waals surface area contributed by atoms with E-state index in [4.69, 9.17) is 0 Å². The van der Waals surface area contributed by atoms with Gasteiger partial charge in [0.15, 0.2) is 0 Å². The highest BCUT2D eigenvalue weighted by atomic mass is 16.3. The fourth-order valence-electron chi connectivity index (χ4n) is 2.65. The van der Waals surface area contributed by atoms with Crippen LogP contribution in [0.4, 0.5) is 0 Å². The first kappa shape index (κ1) is 13.3. The van der Waals surface area contributed by atoms with E-state index < -0.39 is 0 Å². The van der Waals surface area contributed by atoms with E-state index in [0.717, 1.165) is 13.0 Å². The molecular weight excluding hydrogens is 222 g/mol. The molecule has 1 aromatic carbocycles. The highest BCUT2D eigenvalue weighted by Gasteiger charge is 2.22. The van der Waals surface area contributed by atoms with Gasteiger partial charge in [0.25, 0.3) is 0 Å². The summed E-state index contributed by atoms with van der Waals surface area (Å²) in [5, 5.41) is 12.9. The Kier molecular flexibility index (Phi) is 4.20. The molecule has 0 spiro atoms. The normalized spacial score (nSPS) is 24.8. The van der Waals surface area contributed by atoms with Gasteiger partial charge in [-0.25, -0.2) is 0 Å². The Bertz CT molecular complexity index is 436. The molecule has 2 atom stereocenters. The molecule has 2 heteroatoms. The molecule has 18 heavy (non-hydrogen) atoms. The number of allylic oxidation sites excluding steroid dienone is 1. The van der Waals surface area contributed by atoms with E-state index in [9.17, 15) is 5.11 Å². The second-order valence-corrected chi connectivity index (χ2v) is 5.44. The zero-order valence-electron chi connectivity index (χ0n) is 11.5. The molecular formula is C16H23NO. The van der Waals surface area contributed by atoms with Crippen LogP contribution in [0.1, 0.15) is 44.2 Å². The van der Waals surface area contributed by atoms with Crippen molar-refractivity contribution in [3.05, 3.63) is 41.5 Å². The van der Waals surface area contributed by atoms with E-state index in [2.05, 4.69) is 56.4 Å². The molecule has 2 N–H and O–H groups in total. The molecule has 0 amide bonds. The summed E-state index contributed by atoms with van der Waals surface area (Å²) >= 11 is 0. The molecule has 1 aromatic rings. The van der Waals surface area contributed by atoms with Crippen molar-refractivity contribution in [2.45, 2.75) is 39.3 Å². The summed E-state index contributed by atoms with van der Waals surface area (Å²) in [6.45, 7) is 7.49. The highest BCUT2D eigenvalue weighted by Crippen LogP contribution is 2.28. The minimum atomic E-state index is -0.383. The van der Waals surface area contributed by atoms with E-state index in [-0.39, 0.29) is 12.1 Å². The Morgan fingerprint density at radius 3 is 2.72 bits per heavy atom. The zero-order valence-corrected chi connectivity index (χ0v) is 11.5. The van der Waals surface area contributed by atoms with Gasteiger partial charge in [-0.05, 0) is 42.5 Å². The Labute approximate surface area is 110 Å². The Balaban J connectivity index is 2.28. The van der Waals surface area contributed by atoms with Crippen LogP contribution in [0, 0.1) is 5.92 Å². The van der Waals surface area contributed by atoms with Gasteiger partial charge in [-0.1, -0.05) is 44.2 Å². The van der Waals surface area contributed by atoms with Crippen LogP contribution in [0.2, 0.25) is 0 Å². The molecule has 0 aliphatic carbocycles. The van der Waals surface area contributed by atoms with Crippen molar-refractivity contribution in [1.82, 2.24) is 5.32 Å². The molecule has 0 bridgehead atoms. The molecule has 0 saturated carbocycles. The van der Waals surface area contributed by atoms with Gasteiger partial charge in [0.05, 0.1) is 0 Å². The molecule has 2 nitrogen and oxygen atoms in total. The summed E-state index contributed by atoms with van der Waals surface area (Å²) in [5.41, 5.74) is 3.96. The fraction of sp³-hybridized carbons (Fsp3) is 0.500. The van der Waals surface area contributed by atoms with Crippen LogP contribution in [0.15, 0.2) is 30.3 Å². The number of hydrogen-bond acceptors (Lipinski definition) is 2. The van der Waals surface area contributed by atoms with Crippen LogP contribution >= 0.6 is 0 Å². The van der Waals surface area contributed by atoms with Gasteiger partial charge in [-0.3, -0.25) is 5.32 Å². The number of nitrogens with one attached hydrogen (secondary N) is 1. The quantitative estimate of drug-likeness (QED) is 0.857. The zero-order chi connectivity index (χ0) is 13.1. The lowest BCUT2D eigenvalue weighted by atomic mass is 9.91. The van der Waals surface area contributed by atoms with Crippen molar-refractivity contribution < 1.29 is 5.11 Å². The van der Waals surface area contributed by atoms with E-state index in [1.807, 2.05) is 0 Å². The summed E-state index contributed by atoms with van der Waals surface area (Å²) < 4.78 is 0. The SMILES string of the molecule is CC(=CC1CCNC1O)c1ccccc1C(C)C. The van der Waals surface area contributed by atoms with E-state index in [1.165, 1.54) is 16.7 Å². The summed E-state index contributed by atoms with van der Waals surface area (Å²) in [6.07, 6.45) is 2.85. The minimum Gasteiger partial charge on any atom is -0.378 e. The van der Waals surface area contributed by atoms with Gasteiger partial charge in [0, 0.05) is 5.92 Å². The first-order valence-electron chi connectivity index (χ1n) is 6.78. The monoisotopic (exact) mass is 245 g/mol. The van der Waals surface area contributed by atoms with Gasteiger partial charge >= 0.3 is 0 Å². The van der Waals surface area contributed by atoms with Gasteiger partial charge in [-0.15, -0.1) is 0 Å². The maximum absolute atomic E-state index is 9.81. The third kappa shape index (κ3) is 2.82. The summed E-state index contributed by atoms with van der Waals surface area (Å²) in [7, 11) is 0. The van der Waals surface area contributed by atoms with Crippen molar-refractivity contribution in [2.75, 3.05) is 6.54 Å². The third-order valence-corrected chi connectivity index (χ3v) is 3.71. The summed E-state index contributed by atoms with van der Waals surface area (Å²) in [4.78, 5) is 0. The van der Waals surface area contributed by atoms with Crippen molar-refractivity contribution in [3.8, 4) is 0 Å². The standard InChI is InChI=1S/C16H23NO/c1-11(2)14-6-4-5-7-15(14)12(3)10-13-8-9-17-16(13)18/h4-7,10-11,13,16-18H,8-9H2,1-3H3. The van der Waals surface area contributed by atoms with Crippen LogP contribution in [0.5, 0.6) is 0 Å².